The van der Waals surface area contributed by atoms with Gasteiger partial charge < -0.3 is 4.74 Å². The van der Waals surface area contributed by atoms with Crippen molar-refractivity contribution in [1.82, 2.24) is 9.88 Å². The Balaban J connectivity index is 2.41. The van der Waals surface area contributed by atoms with Gasteiger partial charge in [-0.1, -0.05) is 32.8 Å². The van der Waals surface area contributed by atoms with Crippen molar-refractivity contribution in [3.63, 3.8) is 0 Å². The quantitative estimate of drug-likeness (QED) is 0.578. The van der Waals surface area contributed by atoms with Crippen LogP contribution in [0.15, 0.2) is 18.3 Å². The third kappa shape index (κ3) is 5.94. The molecule has 0 saturated carbocycles. The molecule has 2 rings (SSSR count). The molecule has 2 heterocycles. The zero-order valence-corrected chi connectivity index (χ0v) is 18.7. The average molecular weight is 390 g/mol. The monoisotopic (exact) mass is 389 g/mol. The van der Waals surface area contributed by atoms with Crippen molar-refractivity contribution in [1.29, 1.82) is 0 Å². The Hall–Kier alpha value is -1.62. The number of nitrogens with zero attached hydrogens (tertiary/aromatic N) is 3. The molecular weight excluding hydrogens is 350 g/mol. The fourth-order valence-corrected chi connectivity index (χ4v) is 3.81. The number of anilines is 1. The zero-order valence-electron chi connectivity index (χ0n) is 18.7. The molecule has 1 fully saturated rings. The molecule has 0 radical (unpaired) electrons. The van der Waals surface area contributed by atoms with E-state index >= 15 is 0 Å². The normalized spacial score (nSPS) is 19.3. The second-order valence-corrected chi connectivity index (χ2v) is 8.92. The maximum atomic E-state index is 13.1. The molecule has 0 spiro atoms. The number of carbonyl (C=O) groups excluding carboxylic acids is 1. The summed E-state index contributed by atoms with van der Waals surface area (Å²) in [6.07, 6.45) is 8.31. The number of pyridine rings is 1. The van der Waals surface area contributed by atoms with Crippen LogP contribution in [-0.2, 0) is 4.74 Å². The van der Waals surface area contributed by atoms with E-state index in [1.165, 1.54) is 25.7 Å². The van der Waals surface area contributed by atoms with Gasteiger partial charge >= 0.3 is 6.09 Å². The smallest absolute Gasteiger partial charge is 0.416 e. The predicted molar refractivity (Wildman–Crippen MR) is 116 cm³/mol. The number of likely N-dealkylation sites (tertiary alicyclic amines) is 1. The number of ether oxygens (including phenoxy) is 1. The summed E-state index contributed by atoms with van der Waals surface area (Å²) in [6, 6.07) is 4.49. The number of amides is 1. The van der Waals surface area contributed by atoms with E-state index in [4.69, 9.17) is 4.74 Å². The molecule has 28 heavy (non-hydrogen) atoms. The van der Waals surface area contributed by atoms with Gasteiger partial charge in [-0.05, 0) is 72.5 Å². The number of piperidine rings is 1. The van der Waals surface area contributed by atoms with Gasteiger partial charge in [-0.15, -0.1) is 0 Å². The van der Waals surface area contributed by atoms with Crippen LogP contribution in [-0.4, -0.2) is 40.7 Å². The van der Waals surface area contributed by atoms with Crippen molar-refractivity contribution in [3.8, 4) is 0 Å². The van der Waals surface area contributed by atoms with Crippen LogP contribution >= 0.6 is 0 Å². The van der Waals surface area contributed by atoms with E-state index in [-0.39, 0.29) is 12.1 Å². The molecule has 0 aliphatic carbocycles. The van der Waals surface area contributed by atoms with Crippen molar-refractivity contribution in [2.45, 2.75) is 97.8 Å². The molecule has 1 aromatic rings. The Kier molecular flexibility index (Phi) is 8.29. The summed E-state index contributed by atoms with van der Waals surface area (Å²) in [7, 11) is 0. The molecule has 2 atom stereocenters. The molecule has 1 amide bonds. The molecule has 5 heteroatoms. The van der Waals surface area contributed by atoms with Crippen LogP contribution in [0.3, 0.4) is 0 Å². The minimum Gasteiger partial charge on any atom is -0.443 e. The molecule has 0 aromatic carbocycles. The minimum absolute atomic E-state index is 0.0242. The van der Waals surface area contributed by atoms with Crippen LogP contribution in [0.5, 0.6) is 0 Å². The Morgan fingerprint density at radius 1 is 1.36 bits per heavy atom. The minimum atomic E-state index is -0.532. The number of rotatable bonds is 7. The van der Waals surface area contributed by atoms with Gasteiger partial charge in [0.15, 0.2) is 0 Å². The van der Waals surface area contributed by atoms with Gasteiger partial charge in [0.25, 0.3) is 0 Å². The first-order valence-electron chi connectivity index (χ1n) is 11.0. The lowest BCUT2D eigenvalue weighted by atomic mass is 9.94. The van der Waals surface area contributed by atoms with Gasteiger partial charge in [0, 0.05) is 23.8 Å². The second-order valence-electron chi connectivity index (χ2n) is 8.92. The summed E-state index contributed by atoms with van der Waals surface area (Å²) in [4.78, 5) is 22.1. The Bertz CT molecular complexity index is 627. The maximum absolute atomic E-state index is 13.1. The van der Waals surface area contributed by atoms with E-state index in [1.807, 2.05) is 26.8 Å². The maximum Gasteiger partial charge on any atom is 0.416 e. The van der Waals surface area contributed by atoms with Gasteiger partial charge in [0.2, 0.25) is 0 Å². The largest absolute Gasteiger partial charge is 0.443 e. The zero-order chi connectivity index (χ0) is 20.7. The predicted octanol–water partition coefficient (Wildman–Crippen LogP) is 5.95. The third-order valence-electron chi connectivity index (χ3n) is 5.44. The summed E-state index contributed by atoms with van der Waals surface area (Å²) >= 11 is 0. The number of aromatic nitrogens is 1. The van der Waals surface area contributed by atoms with Crippen molar-refractivity contribution in [3.05, 3.63) is 23.9 Å². The first kappa shape index (κ1) is 22.7. The number of hydrogen-bond acceptors (Lipinski definition) is 4. The first-order chi connectivity index (χ1) is 13.3. The molecule has 1 aliphatic rings. The SMILES string of the molecule is CCCCN1CCCC[C@@H]1c1cccnc1N(C(=O)OC(C)(C)C)[C@@H](C)CC. The highest BCUT2D eigenvalue weighted by Crippen LogP contribution is 2.36. The molecule has 158 valence electrons. The van der Waals surface area contributed by atoms with Gasteiger partial charge in [-0.2, -0.15) is 0 Å². The summed E-state index contributed by atoms with van der Waals surface area (Å²) in [5, 5.41) is 0. The highest BCUT2D eigenvalue weighted by molar-refractivity contribution is 5.88. The van der Waals surface area contributed by atoms with E-state index in [2.05, 4.69) is 36.7 Å². The summed E-state index contributed by atoms with van der Waals surface area (Å²) in [5.41, 5.74) is 0.625. The Labute approximate surface area is 171 Å². The average Bonchev–Trinajstić information content (AvgIpc) is 2.65. The summed E-state index contributed by atoms with van der Waals surface area (Å²) in [5.74, 6) is 0.763. The lowest BCUT2D eigenvalue weighted by Crippen LogP contribution is -2.44. The molecule has 0 unspecified atom stereocenters. The van der Waals surface area contributed by atoms with Crippen LogP contribution in [0.1, 0.15) is 91.7 Å². The second kappa shape index (κ2) is 10.2. The topological polar surface area (TPSA) is 45.7 Å². The molecule has 1 saturated heterocycles. The van der Waals surface area contributed by atoms with Crippen molar-refractivity contribution >= 4 is 11.9 Å². The number of unbranched alkanes of at least 4 members (excludes halogenated alkanes) is 1. The first-order valence-corrected chi connectivity index (χ1v) is 11.0. The fourth-order valence-electron chi connectivity index (χ4n) is 3.81. The van der Waals surface area contributed by atoms with E-state index < -0.39 is 5.60 Å². The molecule has 1 aromatic heterocycles. The van der Waals surface area contributed by atoms with Gasteiger partial charge in [-0.3, -0.25) is 9.80 Å². The summed E-state index contributed by atoms with van der Waals surface area (Å²) < 4.78 is 5.74. The highest BCUT2D eigenvalue weighted by atomic mass is 16.6. The Morgan fingerprint density at radius 2 is 2.11 bits per heavy atom. The lowest BCUT2D eigenvalue weighted by Gasteiger charge is -2.38. The van der Waals surface area contributed by atoms with Crippen LogP contribution in [0.2, 0.25) is 0 Å². The van der Waals surface area contributed by atoms with E-state index in [0.717, 1.165) is 37.3 Å². The Morgan fingerprint density at radius 3 is 2.75 bits per heavy atom. The van der Waals surface area contributed by atoms with Gasteiger partial charge in [-0.25, -0.2) is 9.78 Å². The molecular formula is C23H39N3O2. The highest BCUT2D eigenvalue weighted by Gasteiger charge is 2.33. The molecule has 0 bridgehead atoms. The van der Waals surface area contributed by atoms with E-state index in [0.29, 0.717) is 6.04 Å². The van der Waals surface area contributed by atoms with Crippen LogP contribution < -0.4 is 4.90 Å². The molecule has 0 N–H and O–H groups in total. The van der Waals surface area contributed by atoms with Crippen molar-refractivity contribution < 1.29 is 9.53 Å². The van der Waals surface area contributed by atoms with Crippen LogP contribution in [0, 0.1) is 0 Å². The number of hydrogen-bond donors (Lipinski definition) is 0. The van der Waals surface area contributed by atoms with Crippen LogP contribution in [0.4, 0.5) is 10.6 Å². The van der Waals surface area contributed by atoms with Crippen molar-refractivity contribution in [2.75, 3.05) is 18.0 Å². The lowest BCUT2D eigenvalue weighted by molar-refractivity contribution is 0.0564. The summed E-state index contributed by atoms with van der Waals surface area (Å²) in [6.45, 7) is 14.4. The third-order valence-corrected chi connectivity index (χ3v) is 5.44. The molecule has 1 aliphatic heterocycles. The number of carbonyl (C=O) groups is 1. The van der Waals surface area contributed by atoms with Crippen LogP contribution in [0.25, 0.3) is 0 Å². The molecule has 5 nitrogen and oxygen atoms in total. The van der Waals surface area contributed by atoms with E-state index in [1.54, 1.807) is 11.1 Å². The van der Waals surface area contributed by atoms with E-state index in [9.17, 15) is 4.79 Å². The standard InChI is InChI=1S/C23H39N3O2/c1-7-9-16-25-17-11-10-14-20(25)19-13-12-15-24-21(19)26(18(3)8-2)22(27)28-23(4,5)6/h12-13,15,18,20H,7-11,14,16-17H2,1-6H3/t18-,20+/m0/s1. The fraction of sp³-hybridized carbons (Fsp3) is 0.739. The van der Waals surface area contributed by atoms with Gasteiger partial charge in [0.1, 0.15) is 11.4 Å². The van der Waals surface area contributed by atoms with Gasteiger partial charge in [0.05, 0.1) is 0 Å². The van der Waals surface area contributed by atoms with Crippen molar-refractivity contribution in [2.24, 2.45) is 0 Å².